The van der Waals surface area contributed by atoms with Gasteiger partial charge in [-0.3, -0.25) is 4.90 Å². The molecule has 1 aliphatic rings. The first-order valence-corrected chi connectivity index (χ1v) is 10.9. The minimum atomic E-state index is -3.53. The molecule has 0 bridgehead atoms. The largest absolute Gasteiger partial charge is 0.439 e. The van der Waals surface area contributed by atoms with E-state index in [1.165, 1.54) is 28.6 Å². The van der Waals surface area contributed by atoms with Gasteiger partial charge in [-0.25, -0.2) is 17.8 Å². The van der Waals surface area contributed by atoms with Crippen molar-refractivity contribution in [2.24, 2.45) is 0 Å². The van der Waals surface area contributed by atoms with Crippen LogP contribution >= 0.6 is 11.6 Å². The van der Waals surface area contributed by atoms with Gasteiger partial charge in [-0.05, 0) is 48.5 Å². The van der Waals surface area contributed by atoms with E-state index in [9.17, 15) is 12.8 Å². The van der Waals surface area contributed by atoms with E-state index >= 15 is 0 Å². The molecule has 6 nitrogen and oxygen atoms in total. The van der Waals surface area contributed by atoms with Crippen molar-refractivity contribution in [2.75, 3.05) is 26.2 Å². The van der Waals surface area contributed by atoms with Crippen molar-refractivity contribution in [1.82, 2.24) is 14.2 Å². The molecule has 4 rings (SSSR count). The van der Waals surface area contributed by atoms with Crippen LogP contribution in [0.1, 0.15) is 5.89 Å². The molecular weight excluding hydrogens is 417 g/mol. The van der Waals surface area contributed by atoms with Crippen molar-refractivity contribution in [2.45, 2.75) is 11.4 Å². The average molecular weight is 436 g/mol. The molecule has 152 valence electrons. The number of benzene rings is 2. The Hall–Kier alpha value is -2.26. The first-order valence-electron chi connectivity index (χ1n) is 9.10. The lowest BCUT2D eigenvalue weighted by Gasteiger charge is -2.33. The maximum atomic E-state index is 13.1. The molecule has 1 saturated heterocycles. The van der Waals surface area contributed by atoms with Crippen LogP contribution in [0, 0.1) is 5.82 Å². The molecular formula is C20H19ClFN3O3S. The summed E-state index contributed by atoms with van der Waals surface area (Å²) in [5, 5.41) is 0.500. The highest BCUT2D eigenvalue weighted by Gasteiger charge is 2.28. The Morgan fingerprint density at radius 2 is 1.66 bits per heavy atom. The van der Waals surface area contributed by atoms with Gasteiger partial charge >= 0.3 is 0 Å². The number of hydrogen-bond acceptors (Lipinski definition) is 5. The number of sulfonamides is 1. The summed E-state index contributed by atoms with van der Waals surface area (Å²) in [4.78, 5) is 6.62. The number of oxazole rings is 1. The first kappa shape index (κ1) is 20.0. The van der Waals surface area contributed by atoms with Crippen LogP contribution in [0.25, 0.3) is 11.3 Å². The smallest absolute Gasteiger partial charge is 0.243 e. The third-order valence-electron chi connectivity index (χ3n) is 4.82. The van der Waals surface area contributed by atoms with E-state index in [2.05, 4.69) is 9.88 Å². The van der Waals surface area contributed by atoms with E-state index in [1.54, 1.807) is 30.5 Å². The number of piperazine rings is 1. The lowest BCUT2D eigenvalue weighted by atomic mass is 10.2. The molecule has 0 radical (unpaired) electrons. The van der Waals surface area contributed by atoms with Crippen molar-refractivity contribution in [3.05, 3.63) is 71.5 Å². The summed E-state index contributed by atoms with van der Waals surface area (Å²) in [5.41, 5.74) is 0.754. The summed E-state index contributed by atoms with van der Waals surface area (Å²) in [6.07, 6.45) is 1.61. The third-order valence-corrected chi connectivity index (χ3v) is 6.99. The maximum Gasteiger partial charge on any atom is 0.243 e. The Morgan fingerprint density at radius 3 is 2.31 bits per heavy atom. The van der Waals surface area contributed by atoms with E-state index in [4.69, 9.17) is 16.0 Å². The minimum Gasteiger partial charge on any atom is -0.439 e. The van der Waals surface area contributed by atoms with Crippen LogP contribution in [-0.4, -0.2) is 48.8 Å². The molecule has 0 saturated carbocycles. The highest BCUT2D eigenvalue weighted by molar-refractivity contribution is 7.89. The van der Waals surface area contributed by atoms with Crippen molar-refractivity contribution >= 4 is 21.6 Å². The van der Waals surface area contributed by atoms with Gasteiger partial charge in [0.05, 0.1) is 17.6 Å². The summed E-state index contributed by atoms with van der Waals surface area (Å²) < 4.78 is 45.8. The lowest BCUT2D eigenvalue weighted by Crippen LogP contribution is -2.48. The Labute approximate surface area is 173 Å². The average Bonchev–Trinajstić information content (AvgIpc) is 3.18. The molecule has 0 N–H and O–H groups in total. The van der Waals surface area contributed by atoms with Crippen LogP contribution in [-0.2, 0) is 16.6 Å². The molecule has 0 unspecified atom stereocenters. The third kappa shape index (κ3) is 4.51. The van der Waals surface area contributed by atoms with Crippen LogP contribution in [0.2, 0.25) is 5.02 Å². The van der Waals surface area contributed by atoms with Gasteiger partial charge in [0.15, 0.2) is 5.76 Å². The van der Waals surface area contributed by atoms with Gasteiger partial charge in [-0.1, -0.05) is 11.6 Å². The van der Waals surface area contributed by atoms with Gasteiger partial charge in [-0.2, -0.15) is 4.31 Å². The van der Waals surface area contributed by atoms with Crippen molar-refractivity contribution < 1.29 is 17.2 Å². The SMILES string of the molecule is O=S(=O)(c1ccc(Cl)cc1)N1CCN(Cc2ncc(-c3ccc(F)cc3)o2)CC1. The van der Waals surface area contributed by atoms with Crippen LogP contribution in [0.3, 0.4) is 0 Å². The van der Waals surface area contributed by atoms with E-state index in [0.717, 1.165) is 5.56 Å². The Balaban J connectivity index is 1.37. The molecule has 2 aromatic carbocycles. The van der Waals surface area contributed by atoms with Gasteiger partial charge in [0.2, 0.25) is 15.9 Å². The molecule has 0 spiro atoms. The summed E-state index contributed by atoms with van der Waals surface area (Å²) >= 11 is 5.84. The highest BCUT2D eigenvalue weighted by atomic mass is 35.5. The van der Waals surface area contributed by atoms with Gasteiger partial charge in [0.1, 0.15) is 5.82 Å². The number of nitrogens with zero attached hydrogens (tertiary/aromatic N) is 3. The fourth-order valence-corrected chi connectivity index (χ4v) is 4.75. The second-order valence-corrected chi connectivity index (χ2v) is 9.13. The summed E-state index contributed by atoms with van der Waals surface area (Å²) in [6.45, 7) is 2.39. The van der Waals surface area contributed by atoms with Gasteiger partial charge in [-0.15, -0.1) is 0 Å². The molecule has 0 atom stereocenters. The Kier molecular flexibility index (Phi) is 5.69. The predicted molar refractivity (Wildman–Crippen MR) is 107 cm³/mol. The lowest BCUT2D eigenvalue weighted by molar-refractivity contribution is 0.168. The summed E-state index contributed by atoms with van der Waals surface area (Å²) in [5.74, 6) is 0.808. The highest BCUT2D eigenvalue weighted by Crippen LogP contribution is 2.23. The van der Waals surface area contributed by atoms with E-state index in [-0.39, 0.29) is 10.7 Å². The molecule has 0 amide bonds. The van der Waals surface area contributed by atoms with Crippen LogP contribution < -0.4 is 0 Å². The normalized spacial score (nSPS) is 16.2. The maximum absolute atomic E-state index is 13.1. The fourth-order valence-electron chi connectivity index (χ4n) is 3.21. The number of aromatic nitrogens is 1. The van der Waals surface area contributed by atoms with Crippen molar-refractivity contribution in [3.63, 3.8) is 0 Å². The van der Waals surface area contributed by atoms with E-state index < -0.39 is 10.0 Å². The number of rotatable bonds is 5. The topological polar surface area (TPSA) is 66.7 Å². The molecule has 1 aliphatic heterocycles. The molecule has 29 heavy (non-hydrogen) atoms. The predicted octanol–water partition coefficient (Wildman–Crippen LogP) is 3.64. The van der Waals surface area contributed by atoms with E-state index in [0.29, 0.717) is 49.4 Å². The second-order valence-electron chi connectivity index (χ2n) is 6.76. The van der Waals surface area contributed by atoms with E-state index in [1.807, 2.05) is 0 Å². The van der Waals surface area contributed by atoms with Crippen molar-refractivity contribution in [3.8, 4) is 11.3 Å². The summed E-state index contributed by atoms with van der Waals surface area (Å²) in [7, 11) is -3.53. The number of hydrogen-bond donors (Lipinski definition) is 0. The molecule has 9 heteroatoms. The molecule has 3 aromatic rings. The summed E-state index contributed by atoms with van der Waals surface area (Å²) in [6, 6.07) is 12.2. The zero-order valence-corrected chi connectivity index (χ0v) is 17.0. The first-order chi connectivity index (χ1) is 13.9. The van der Waals surface area contributed by atoms with Gasteiger partial charge < -0.3 is 4.42 Å². The minimum absolute atomic E-state index is 0.243. The molecule has 1 fully saturated rings. The number of halogens is 2. The molecule has 1 aromatic heterocycles. The zero-order valence-electron chi connectivity index (χ0n) is 15.5. The second kappa shape index (κ2) is 8.23. The van der Waals surface area contributed by atoms with Gasteiger partial charge in [0, 0.05) is 36.8 Å². The Morgan fingerprint density at radius 1 is 1.00 bits per heavy atom. The van der Waals surface area contributed by atoms with Crippen LogP contribution in [0.5, 0.6) is 0 Å². The van der Waals surface area contributed by atoms with Crippen LogP contribution in [0.15, 0.2) is 64.0 Å². The molecule has 0 aliphatic carbocycles. The zero-order chi connectivity index (χ0) is 20.4. The Bertz CT molecular complexity index is 1080. The monoisotopic (exact) mass is 435 g/mol. The van der Waals surface area contributed by atoms with Crippen LogP contribution in [0.4, 0.5) is 4.39 Å². The quantitative estimate of drug-likeness (QED) is 0.612. The van der Waals surface area contributed by atoms with Gasteiger partial charge in [0.25, 0.3) is 0 Å². The fraction of sp³-hybridized carbons (Fsp3) is 0.250. The van der Waals surface area contributed by atoms with Crippen molar-refractivity contribution in [1.29, 1.82) is 0 Å². The standard InChI is InChI=1S/C20H19ClFN3O3S/c21-16-3-7-18(8-4-16)29(26,27)25-11-9-24(10-12-25)14-20-23-13-19(28-20)15-1-5-17(22)6-2-15/h1-8,13H,9-12,14H2. The molecule has 2 heterocycles.